The van der Waals surface area contributed by atoms with E-state index in [0.29, 0.717) is 37.4 Å². The van der Waals surface area contributed by atoms with Gasteiger partial charge in [0.2, 0.25) is 5.91 Å². The predicted octanol–water partition coefficient (Wildman–Crippen LogP) is 2.21. The Balaban J connectivity index is 1.47. The highest BCUT2D eigenvalue weighted by atomic mass is 35.5. The Kier molecular flexibility index (Phi) is 5.75. The second kappa shape index (κ2) is 8.34. The van der Waals surface area contributed by atoms with E-state index < -0.39 is 11.6 Å². The van der Waals surface area contributed by atoms with Gasteiger partial charge in [-0.05, 0) is 50.3 Å². The highest BCUT2D eigenvalue weighted by molar-refractivity contribution is 6.31. The van der Waals surface area contributed by atoms with Gasteiger partial charge in [0.25, 0.3) is 5.91 Å². The van der Waals surface area contributed by atoms with Gasteiger partial charge in [-0.2, -0.15) is 5.10 Å². The third kappa shape index (κ3) is 4.17. The number of nitrogens with one attached hydrogen (secondary N) is 2. The summed E-state index contributed by atoms with van der Waals surface area (Å²) in [6.45, 7) is 5.08. The Morgan fingerprint density at radius 3 is 2.52 bits per heavy atom. The fourth-order valence-electron chi connectivity index (χ4n) is 4.69. The van der Waals surface area contributed by atoms with Crippen molar-refractivity contribution in [3.63, 3.8) is 0 Å². The number of urea groups is 1. The molecule has 4 rings (SSSR count). The first-order valence-corrected chi connectivity index (χ1v) is 10.8. The topological polar surface area (TPSA) is 96.3 Å². The number of carbonyl (C=O) groups is 3. The van der Waals surface area contributed by atoms with Crippen molar-refractivity contribution >= 4 is 29.4 Å². The minimum absolute atomic E-state index is 0.00436. The van der Waals surface area contributed by atoms with Crippen LogP contribution in [0.25, 0.3) is 0 Å². The van der Waals surface area contributed by atoms with Crippen molar-refractivity contribution < 1.29 is 14.4 Å². The minimum atomic E-state index is -1.06. The molecule has 4 amide bonds. The maximum Gasteiger partial charge on any atom is 0.322 e. The summed E-state index contributed by atoms with van der Waals surface area (Å²) < 4.78 is 1.72. The molecule has 2 fully saturated rings. The predicted molar refractivity (Wildman–Crippen MR) is 116 cm³/mol. The van der Waals surface area contributed by atoms with Crippen LogP contribution in [0.15, 0.2) is 30.3 Å². The molecule has 1 atom stereocenters. The molecule has 2 N–H and O–H groups in total. The number of imide groups is 1. The first-order chi connectivity index (χ1) is 14.8. The maximum absolute atomic E-state index is 12.9. The van der Waals surface area contributed by atoms with Crippen molar-refractivity contribution in [2.75, 3.05) is 13.1 Å². The molecule has 0 bridgehead atoms. The SMILES string of the molecule is Cc1cc(C)n(CC(=O)N2CCC([C@@]3(Cc4ccccc4Cl)NC(=O)NC3=O)CC2)n1. The fourth-order valence-corrected chi connectivity index (χ4v) is 4.89. The van der Waals surface area contributed by atoms with Crippen LogP contribution >= 0.6 is 11.6 Å². The van der Waals surface area contributed by atoms with Crippen LogP contribution in [0.1, 0.15) is 29.8 Å². The van der Waals surface area contributed by atoms with E-state index in [1.54, 1.807) is 10.7 Å². The van der Waals surface area contributed by atoms with Crippen LogP contribution in [-0.2, 0) is 22.6 Å². The van der Waals surface area contributed by atoms with Gasteiger partial charge < -0.3 is 10.2 Å². The largest absolute Gasteiger partial charge is 0.341 e. The lowest BCUT2D eigenvalue weighted by Gasteiger charge is -2.41. The molecule has 2 saturated heterocycles. The van der Waals surface area contributed by atoms with E-state index in [4.69, 9.17) is 11.6 Å². The van der Waals surface area contributed by atoms with Gasteiger partial charge >= 0.3 is 6.03 Å². The van der Waals surface area contributed by atoms with E-state index in [0.717, 1.165) is 17.0 Å². The third-order valence-electron chi connectivity index (χ3n) is 6.33. The van der Waals surface area contributed by atoms with E-state index >= 15 is 0 Å². The van der Waals surface area contributed by atoms with Crippen molar-refractivity contribution in [2.24, 2.45) is 5.92 Å². The lowest BCUT2D eigenvalue weighted by molar-refractivity contribution is -0.134. The summed E-state index contributed by atoms with van der Waals surface area (Å²) in [6, 6.07) is 8.80. The Morgan fingerprint density at radius 1 is 1.23 bits per heavy atom. The number of likely N-dealkylation sites (tertiary alicyclic amines) is 1. The summed E-state index contributed by atoms with van der Waals surface area (Å²) in [7, 11) is 0. The van der Waals surface area contributed by atoms with Crippen molar-refractivity contribution in [3.8, 4) is 0 Å². The Labute approximate surface area is 185 Å². The Hall–Kier alpha value is -2.87. The van der Waals surface area contributed by atoms with Gasteiger partial charge in [0.05, 0.1) is 5.69 Å². The molecule has 0 unspecified atom stereocenters. The van der Waals surface area contributed by atoms with Gasteiger partial charge in [-0.1, -0.05) is 29.8 Å². The van der Waals surface area contributed by atoms with Crippen LogP contribution in [0, 0.1) is 19.8 Å². The van der Waals surface area contributed by atoms with E-state index in [2.05, 4.69) is 15.7 Å². The zero-order valence-corrected chi connectivity index (χ0v) is 18.4. The molecular weight excluding hydrogens is 418 g/mol. The smallest absolute Gasteiger partial charge is 0.322 e. The summed E-state index contributed by atoms with van der Waals surface area (Å²) in [5.41, 5.74) is 1.58. The molecular formula is C22H26ClN5O3. The number of rotatable bonds is 5. The first kappa shape index (κ1) is 21.4. The summed E-state index contributed by atoms with van der Waals surface area (Å²) in [4.78, 5) is 39.5. The van der Waals surface area contributed by atoms with Crippen LogP contribution in [0.4, 0.5) is 4.79 Å². The molecule has 9 heteroatoms. The molecule has 3 heterocycles. The van der Waals surface area contributed by atoms with Gasteiger partial charge in [0, 0.05) is 30.2 Å². The van der Waals surface area contributed by atoms with Gasteiger partial charge in [-0.15, -0.1) is 0 Å². The van der Waals surface area contributed by atoms with E-state index in [9.17, 15) is 14.4 Å². The van der Waals surface area contributed by atoms with Crippen molar-refractivity contribution in [3.05, 3.63) is 52.3 Å². The van der Waals surface area contributed by atoms with Gasteiger partial charge in [0.1, 0.15) is 12.1 Å². The second-order valence-corrected chi connectivity index (χ2v) is 8.79. The summed E-state index contributed by atoms with van der Waals surface area (Å²) in [6.07, 6.45) is 1.54. The summed E-state index contributed by atoms with van der Waals surface area (Å²) >= 11 is 6.34. The zero-order chi connectivity index (χ0) is 22.2. The molecule has 8 nitrogen and oxygen atoms in total. The number of piperidine rings is 1. The van der Waals surface area contributed by atoms with Crippen molar-refractivity contribution in [2.45, 2.75) is 45.2 Å². The number of benzene rings is 1. The van der Waals surface area contributed by atoms with E-state index in [1.165, 1.54) is 0 Å². The number of nitrogens with zero attached hydrogens (tertiary/aromatic N) is 3. The normalized spacial score (nSPS) is 21.8. The highest BCUT2D eigenvalue weighted by Gasteiger charge is 2.52. The zero-order valence-electron chi connectivity index (χ0n) is 17.7. The average molecular weight is 444 g/mol. The number of aromatic nitrogens is 2. The number of hydrogen-bond donors (Lipinski definition) is 2. The molecule has 0 radical (unpaired) electrons. The summed E-state index contributed by atoms with van der Waals surface area (Å²) in [5.74, 6) is -0.428. The number of aryl methyl sites for hydroxylation is 2. The van der Waals surface area contributed by atoms with Gasteiger partial charge in [-0.25, -0.2) is 4.79 Å². The van der Waals surface area contributed by atoms with Crippen LogP contribution < -0.4 is 10.6 Å². The van der Waals surface area contributed by atoms with Gasteiger partial charge in [-0.3, -0.25) is 19.6 Å². The van der Waals surface area contributed by atoms with Gasteiger partial charge in [0.15, 0.2) is 0 Å². The molecule has 0 saturated carbocycles. The molecule has 0 aliphatic carbocycles. The first-order valence-electron chi connectivity index (χ1n) is 10.4. The molecule has 0 spiro atoms. The second-order valence-electron chi connectivity index (χ2n) is 8.39. The molecule has 2 aliphatic heterocycles. The standard InChI is InChI=1S/C22H26ClN5O3/c1-14-11-15(2)28(26-14)13-19(29)27-9-7-17(8-10-27)22(20(30)24-21(31)25-22)12-16-5-3-4-6-18(16)23/h3-6,11,17H,7-10,12-13H2,1-2H3,(H2,24,25,30,31)/t22-/m1/s1. The van der Waals surface area contributed by atoms with Crippen LogP contribution in [0.3, 0.4) is 0 Å². The fraction of sp³-hybridized carbons (Fsp3) is 0.455. The molecule has 2 aliphatic rings. The van der Waals surface area contributed by atoms with E-state index in [1.807, 2.05) is 43.0 Å². The van der Waals surface area contributed by atoms with Crippen molar-refractivity contribution in [1.82, 2.24) is 25.3 Å². The third-order valence-corrected chi connectivity index (χ3v) is 6.70. The number of halogens is 1. The quantitative estimate of drug-likeness (QED) is 0.692. The van der Waals surface area contributed by atoms with E-state index in [-0.39, 0.29) is 24.3 Å². The maximum atomic E-state index is 12.9. The monoisotopic (exact) mass is 443 g/mol. The lowest BCUT2D eigenvalue weighted by Crippen LogP contribution is -2.58. The Bertz CT molecular complexity index is 1030. The highest BCUT2D eigenvalue weighted by Crippen LogP contribution is 2.35. The van der Waals surface area contributed by atoms with Crippen LogP contribution in [0.2, 0.25) is 5.02 Å². The molecule has 31 heavy (non-hydrogen) atoms. The molecule has 2 aromatic rings. The molecule has 1 aromatic heterocycles. The number of amides is 4. The van der Waals surface area contributed by atoms with Crippen LogP contribution in [-0.4, -0.2) is 51.2 Å². The number of carbonyl (C=O) groups excluding carboxylic acids is 3. The summed E-state index contributed by atoms with van der Waals surface area (Å²) in [5, 5.41) is 10.2. The molecule has 1 aromatic carbocycles. The lowest BCUT2D eigenvalue weighted by atomic mass is 9.74. The minimum Gasteiger partial charge on any atom is -0.341 e. The van der Waals surface area contributed by atoms with Crippen LogP contribution in [0.5, 0.6) is 0 Å². The average Bonchev–Trinajstić information content (AvgIpc) is 3.20. The Morgan fingerprint density at radius 2 is 1.94 bits per heavy atom. The van der Waals surface area contributed by atoms with Crippen molar-refractivity contribution in [1.29, 1.82) is 0 Å². The number of hydrogen-bond acceptors (Lipinski definition) is 4. The molecule has 164 valence electrons.